The number of hydrazine groups is 1. The zero-order valence-electron chi connectivity index (χ0n) is 10.5. The molecule has 0 bridgehead atoms. The molecule has 0 aromatic heterocycles. The number of hydrogen-bond acceptors (Lipinski definition) is 2. The van der Waals surface area contributed by atoms with Crippen molar-refractivity contribution in [1.82, 2.24) is 5.43 Å². The van der Waals surface area contributed by atoms with Crippen LogP contribution in [0, 0.1) is 24.7 Å². The van der Waals surface area contributed by atoms with Crippen LogP contribution in [0.4, 0.5) is 0 Å². The molecule has 1 aromatic carbocycles. The predicted octanol–water partition coefficient (Wildman–Crippen LogP) is 2.42. The Hall–Kier alpha value is -0.860. The zero-order chi connectivity index (χ0) is 11.8. The molecule has 2 heteroatoms. The van der Waals surface area contributed by atoms with Gasteiger partial charge in [-0.3, -0.25) is 11.3 Å². The summed E-state index contributed by atoms with van der Waals surface area (Å²) in [6.45, 7) is 2.15. The van der Waals surface area contributed by atoms with Crippen molar-refractivity contribution in [3.8, 4) is 0 Å². The molecule has 92 valence electrons. The topological polar surface area (TPSA) is 38.0 Å². The minimum atomic E-state index is 0.463. The van der Waals surface area contributed by atoms with Gasteiger partial charge in [-0.05, 0) is 55.9 Å². The average molecular weight is 230 g/mol. The van der Waals surface area contributed by atoms with Gasteiger partial charge in [0.15, 0.2) is 0 Å². The summed E-state index contributed by atoms with van der Waals surface area (Å²) >= 11 is 0. The van der Waals surface area contributed by atoms with Gasteiger partial charge in [0.2, 0.25) is 0 Å². The molecule has 3 unspecified atom stereocenters. The van der Waals surface area contributed by atoms with Crippen LogP contribution in [0.5, 0.6) is 0 Å². The van der Waals surface area contributed by atoms with Crippen LogP contribution in [-0.2, 0) is 6.42 Å². The highest BCUT2D eigenvalue weighted by molar-refractivity contribution is 5.23. The molecule has 2 saturated carbocycles. The number of rotatable bonds is 4. The first kappa shape index (κ1) is 11.2. The molecular formula is C15H22N2. The Morgan fingerprint density at radius 1 is 1.29 bits per heavy atom. The SMILES string of the molecule is Cc1cccc(CC(NN)C2CC3CC3C2)c1. The molecule has 0 spiro atoms. The fourth-order valence-corrected chi connectivity index (χ4v) is 3.54. The van der Waals surface area contributed by atoms with Gasteiger partial charge in [0.1, 0.15) is 0 Å². The van der Waals surface area contributed by atoms with Crippen molar-refractivity contribution in [2.45, 2.75) is 38.6 Å². The first-order chi connectivity index (χ1) is 8.26. The molecule has 2 aliphatic carbocycles. The third-order valence-electron chi connectivity index (χ3n) is 4.60. The molecule has 1 aromatic rings. The normalized spacial score (nSPS) is 32.2. The Morgan fingerprint density at radius 3 is 2.71 bits per heavy atom. The Balaban J connectivity index is 1.65. The smallest absolute Gasteiger partial charge is 0.0279 e. The summed E-state index contributed by atoms with van der Waals surface area (Å²) < 4.78 is 0. The minimum Gasteiger partial charge on any atom is -0.271 e. The molecule has 0 saturated heterocycles. The van der Waals surface area contributed by atoms with E-state index in [9.17, 15) is 0 Å². The largest absolute Gasteiger partial charge is 0.271 e. The molecule has 0 radical (unpaired) electrons. The minimum absolute atomic E-state index is 0.463. The molecule has 2 aliphatic rings. The van der Waals surface area contributed by atoms with Crippen molar-refractivity contribution in [2.24, 2.45) is 23.6 Å². The van der Waals surface area contributed by atoms with E-state index in [0.717, 1.165) is 24.2 Å². The van der Waals surface area contributed by atoms with Crippen LogP contribution >= 0.6 is 0 Å². The fraction of sp³-hybridized carbons (Fsp3) is 0.600. The van der Waals surface area contributed by atoms with Gasteiger partial charge in [-0.1, -0.05) is 29.8 Å². The molecular weight excluding hydrogens is 208 g/mol. The Kier molecular flexibility index (Phi) is 2.93. The molecule has 0 heterocycles. The van der Waals surface area contributed by atoms with Crippen LogP contribution in [0.2, 0.25) is 0 Å². The van der Waals surface area contributed by atoms with Crippen LogP contribution in [0.25, 0.3) is 0 Å². The summed E-state index contributed by atoms with van der Waals surface area (Å²) in [6, 6.07) is 9.25. The number of nitrogens with one attached hydrogen (secondary N) is 1. The number of fused-ring (bicyclic) bond motifs is 1. The summed E-state index contributed by atoms with van der Waals surface area (Å²) in [5, 5.41) is 0. The van der Waals surface area contributed by atoms with E-state index < -0.39 is 0 Å². The quantitative estimate of drug-likeness (QED) is 0.616. The Bertz CT molecular complexity index is 392. The predicted molar refractivity (Wildman–Crippen MR) is 70.3 cm³/mol. The van der Waals surface area contributed by atoms with Crippen molar-refractivity contribution in [1.29, 1.82) is 0 Å². The summed E-state index contributed by atoms with van der Waals surface area (Å²) in [6.07, 6.45) is 5.34. The molecule has 2 fully saturated rings. The highest BCUT2D eigenvalue weighted by atomic mass is 15.2. The van der Waals surface area contributed by atoms with Crippen molar-refractivity contribution >= 4 is 0 Å². The lowest BCUT2D eigenvalue weighted by Gasteiger charge is -2.24. The van der Waals surface area contributed by atoms with E-state index in [4.69, 9.17) is 5.84 Å². The third-order valence-corrected chi connectivity index (χ3v) is 4.60. The zero-order valence-corrected chi connectivity index (χ0v) is 10.5. The molecule has 3 atom stereocenters. The molecule has 2 nitrogen and oxygen atoms in total. The fourth-order valence-electron chi connectivity index (χ4n) is 3.54. The monoisotopic (exact) mass is 230 g/mol. The van der Waals surface area contributed by atoms with Crippen LogP contribution in [0.1, 0.15) is 30.4 Å². The molecule has 17 heavy (non-hydrogen) atoms. The first-order valence-corrected chi connectivity index (χ1v) is 6.78. The second-order valence-electron chi connectivity index (χ2n) is 5.95. The van der Waals surface area contributed by atoms with E-state index >= 15 is 0 Å². The lowest BCUT2D eigenvalue weighted by molar-refractivity contribution is 0.336. The lowest BCUT2D eigenvalue weighted by atomic mass is 9.90. The van der Waals surface area contributed by atoms with Gasteiger partial charge < -0.3 is 0 Å². The summed E-state index contributed by atoms with van der Waals surface area (Å²) in [5.41, 5.74) is 5.80. The van der Waals surface area contributed by atoms with Gasteiger partial charge in [0.25, 0.3) is 0 Å². The Morgan fingerprint density at radius 2 is 2.06 bits per heavy atom. The van der Waals surface area contributed by atoms with Gasteiger partial charge in [-0.25, -0.2) is 0 Å². The van der Waals surface area contributed by atoms with E-state index in [-0.39, 0.29) is 0 Å². The number of aryl methyl sites for hydroxylation is 1. The third kappa shape index (κ3) is 2.38. The van der Waals surface area contributed by atoms with Gasteiger partial charge in [0.05, 0.1) is 0 Å². The van der Waals surface area contributed by atoms with Gasteiger partial charge in [-0.2, -0.15) is 0 Å². The van der Waals surface area contributed by atoms with Crippen LogP contribution < -0.4 is 11.3 Å². The van der Waals surface area contributed by atoms with Gasteiger partial charge >= 0.3 is 0 Å². The van der Waals surface area contributed by atoms with Gasteiger partial charge in [-0.15, -0.1) is 0 Å². The molecule has 3 rings (SSSR count). The second kappa shape index (κ2) is 4.43. The molecule has 0 aliphatic heterocycles. The summed E-state index contributed by atoms with van der Waals surface area (Å²) in [4.78, 5) is 0. The highest BCUT2D eigenvalue weighted by Gasteiger charge is 2.47. The van der Waals surface area contributed by atoms with Crippen molar-refractivity contribution in [2.75, 3.05) is 0 Å². The maximum Gasteiger partial charge on any atom is 0.0279 e. The number of hydrogen-bond donors (Lipinski definition) is 2. The van der Waals surface area contributed by atoms with Crippen molar-refractivity contribution < 1.29 is 0 Å². The van der Waals surface area contributed by atoms with Crippen LogP contribution in [-0.4, -0.2) is 6.04 Å². The summed E-state index contributed by atoms with van der Waals surface area (Å²) in [7, 11) is 0. The van der Waals surface area contributed by atoms with E-state index in [1.165, 1.54) is 30.4 Å². The molecule has 0 amide bonds. The van der Waals surface area contributed by atoms with Crippen LogP contribution in [0.15, 0.2) is 24.3 Å². The maximum atomic E-state index is 5.75. The van der Waals surface area contributed by atoms with E-state index in [2.05, 4.69) is 36.6 Å². The van der Waals surface area contributed by atoms with E-state index in [1.54, 1.807) is 0 Å². The number of benzene rings is 1. The van der Waals surface area contributed by atoms with E-state index in [1.807, 2.05) is 0 Å². The van der Waals surface area contributed by atoms with Gasteiger partial charge in [0, 0.05) is 6.04 Å². The van der Waals surface area contributed by atoms with Crippen molar-refractivity contribution in [3.63, 3.8) is 0 Å². The van der Waals surface area contributed by atoms with Crippen molar-refractivity contribution in [3.05, 3.63) is 35.4 Å². The summed E-state index contributed by atoms with van der Waals surface area (Å²) in [5.74, 6) is 8.62. The van der Waals surface area contributed by atoms with E-state index in [0.29, 0.717) is 6.04 Å². The lowest BCUT2D eigenvalue weighted by Crippen LogP contribution is -2.42. The Labute approximate surface area is 104 Å². The van der Waals surface area contributed by atoms with Crippen LogP contribution in [0.3, 0.4) is 0 Å². The highest BCUT2D eigenvalue weighted by Crippen LogP contribution is 2.55. The number of nitrogens with two attached hydrogens (primary N) is 1. The maximum absolute atomic E-state index is 5.75. The standard InChI is InChI=1S/C15H22N2/c1-10-3-2-4-11(5-10)6-15(17-16)14-8-12-7-13(12)9-14/h2-5,12-15,17H,6-9,16H2,1H3. The molecule has 3 N–H and O–H groups in total. The first-order valence-electron chi connectivity index (χ1n) is 6.78. The average Bonchev–Trinajstić information content (AvgIpc) is 2.93. The second-order valence-corrected chi connectivity index (χ2v) is 5.95.